The van der Waals surface area contributed by atoms with Crippen molar-refractivity contribution in [3.63, 3.8) is 0 Å². The number of hydrogen-bond acceptors (Lipinski definition) is 6. The molecule has 1 aromatic heterocycles. The monoisotopic (exact) mass is 264 g/mol. The number of carbonyl (C=O) groups is 1. The molecule has 0 amide bonds. The maximum atomic E-state index is 11.9. The van der Waals surface area contributed by atoms with E-state index < -0.39 is 0 Å². The van der Waals surface area contributed by atoms with Crippen LogP contribution in [0.1, 0.15) is 25.3 Å². The number of nitrogens with two attached hydrogens (primary N) is 1. The number of nitrogens with zero attached hydrogens (tertiary/aromatic N) is 2. The number of aromatic nitrogens is 1. The summed E-state index contributed by atoms with van der Waals surface area (Å²) in [6.07, 6.45) is 3.55. The summed E-state index contributed by atoms with van der Waals surface area (Å²) in [6, 6.07) is 3.68. The number of nitrogens with one attached hydrogen (secondary N) is 1. The normalized spacial score (nSPS) is 19.4. The fourth-order valence-electron chi connectivity index (χ4n) is 2.44. The van der Waals surface area contributed by atoms with E-state index in [0.29, 0.717) is 19.0 Å². The Balaban J connectivity index is 2.07. The summed E-state index contributed by atoms with van der Waals surface area (Å²) in [5, 5.41) is 0. The zero-order valence-electron chi connectivity index (χ0n) is 11.1. The van der Waals surface area contributed by atoms with E-state index in [1.807, 2.05) is 19.1 Å². The predicted octanol–water partition coefficient (Wildman–Crippen LogP) is 0.895. The van der Waals surface area contributed by atoms with Gasteiger partial charge in [-0.25, -0.2) is 10.8 Å². The minimum Gasteiger partial charge on any atom is -0.465 e. The predicted molar refractivity (Wildman–Crippen MR) is 72.1 cm³/mol. The van der Waals surface area contributed by atoms with Gasteiger partial charge in [-0.3, -0.25) is 9.69 Å². The van der Waals surface area contributed by atoms with Gasteiger partial charge >= 0.3 is 5.97 Å². The van der Waals surface area contributed by atoms with Crippen molar-refractivity contribution in [3.05, 3.63) is 23.9 Å². The lowest BCUT2D eigenvalue weighted by Crippen LogP contribution is -2.37. The second-order valence-corrected chi connectivity index (χ2v) is 4.54. The molecule has 0 radical (unpaired) electrons. The number of esters is 1. The smallest absolute Gasteiger partial charge is 0.323 e. The molecular formula is C13H20N4O2. The van der Waals surface area contributed by atoms with Crippen LogP contribution in [0.4, 0.5) is 5.82 Å². The third-order valence-corrected chi connectivity index (χ3v) is 3.32. The Kier molecular flexibility index (Phi) is 4.70. The quantitative estimate of drug-likeness (QED) is 0.467. The van der Waals surface area contributed by atoms with E-state index in [-0.39, 0.29) is 12.0 Å². The molecule has 0 spiro atoms. The number of pyridine rings is 1. The largest absolute Gasteiger partial charge is 0.465 e. The third-order valence-electron chi connectivity index (χ3n) is 3.32. The van der Waals surface area contributed by atoms with Crippen molar-refractivity contribution >= 4 is 11.8 Å². The summed E-state index contributed by atoms with van der Waals surface area (Å²) in [5.41, 5.74) is 3.57. The Morgan fingerprint density at radius 2 is 2.53 bits per heavy atom. The molecular weight excluding hydrogens is 244 g/mol. The zero-order chi connectivity index (χ0) is 13.7. The summed E-state index contributed by atoms with van der Waals surface area (Å²) in [6.45, 7) is 3.79. The van der Waals surface area contributed by atoms with Gasteiger partial charge in [-0.15, -0.1) is 0 Å². The second kappa shape index (κ2) is 6.49. The molecule has 3 N–H and O–H groups in total. The fraction of sp³-hybridized carbons (Fsp3) is 0.538. The molecule has 1 atom stereocenters. The Morgan fingerprint density at radius 1 is 1.68 bits per heavy atom. The van der Waals surface area contributed by atoms with Gasteiger partial charge in [0.05, 0.1) is 6.61 Å². The van der Waals surface area contributed by atoms with Crippen LogP contribution in [0.25, 0.3) is 0 Å². The average molecular weight is 264 g/mol. The van der Waals surface area contributed by atoms with E-state index in [4.69, 9.17) is 10.6 Å². The number of hydrogen-bond donors (Lipinski definition) is 2. The minimum absolute atomic E-state index is 0.133. The molecule has 6 nitrogen and oxygen atoms in total. The Bertz CT molecular complexity index is 438. The first kappa shape index (κ1) is 13.8. The van der Waals surface area contributed by atoms with Crippen molar-refractivity contribution < 1.29 is 9.53 Å². The first-order valence-corrected chi connectivity index (χ1v) is 6.57. The summed E-state index contributed by atoms with van der Waals surface area (Å²) in [4.78, 5) is 18.2. The van der Waals surface area contributed by atoms with E-state index >= 15 is 0 Å². The van der Waals surface area contributed by atoms with Gasteiger partial charge in [0.1, 0.15) is 11.9 Å². The van der Waals surface area contributed by atoms with Crippen LogP contribution in [0.2, 0.25) is 0 Å². The maximum Gasteiger partial charge on any atom is 0.323 e. The van der Waals surface area contributed by atoms with Gasteiger partial charge in [-0.2, -0.15) is 0 Å². The molecule has 1 aliphatic rings. The number of nitrogen functional groups attached to an aromatic ring is 1. The van der Waals surface area contributed by atoms with Crippen LogP contribution in [0.5, 0.6) is 0 Å². The lowest BCUT2D eigenvalue weighted by atomic mass is 10.2. The van der Waals surface area contributed by atoms with Crippen LogP contribution in [-0.4, -0.2) is 35.0 Å². The van der Waals surface area contributed by atoms with Crippen molar-refractivity contribution in [2.75, 3.05) is 18.6 Å². The molecule has 1 aliphatic heterocycles. The molecule has 19 heavy (non-hydrogen) atoms. The molecule has 1 saturated heterocycles. The van der Waals surface area contributed by atoms with Crippen molar-refractivity contribution in [1.82, 2.24) is 9.88 Å². The van der Waals surface area contributed by atoms with Crippen LogP contribution < -0.4 is 11.3 Å². The highest BCUT2D eigenvalue weighted by Gasteiger charge is 2.32. The topological polar surface area (TPSA) is 80.5 Å². The maximum absolute atomic E-state index is 11.9. The molecule has 1 fully saturated rings. The number of hydrazine groups is 1. The lowest BCUT2D eigenvalue weighted by molar-refractivity contribution is -0.148. The van der Waals surface area contributed by atoms with Crippen molar-refractivity contribution in [2.45, 2.75) is 32.4 Å². The van der Waals surface area contributed by atoms with Crippen LogP contribution in [0.15, 0.2) is 18.3 Å². The minimum atomic E-state index is -0.147. The standard InChI is InChI=1S/C13H20N4O2/c1-2-19-13(18)11-6-4-8-17(11)9-10-5-3-7-15-12(10)16-14/h3,5,7,11H,2,4,6,8-9,14H2,1H3,(H,15,16). The molecule has 6 heteroatoms. The van der Waals surface area contributed by atoms with Gasteiger partial charge < -0.3 is 10.2 Å². The number of anilines is 1. The first-order valence-electron chi connectivity index (χ1n) is 6.57. The van der Waals surface area contributed by atoms with Gasteiger partial charge in [0, 0.05) is 18.3 Å². The summed E-state index contributed by atoms with van der Waals surface area (Å²) >= 11 is 0. The molecule has 0 aromatic carbocycles. The van der Waals surface area contributed by atoms with Gasteiger partial charge in [-0.05, 0) is 32.4 Å². The highest BCUT2D eigenvalue weighted by atomic mass is 16.5. The van der Waals surface area contributed by atoms with Crippen molar-refractivity contribution in [3.8, 4) is 0 Å². The van der Waals surface area contributed by atoms with Crippen LogP contribution in [-0.2, 0) is 16.1 Å². The third kappa shape index (κ3) is 3.21. The van der Waals surface area contributed by atoms with E-state index in [2.05, 4.69) is 15.3 Å². The summed E-state index contributed by atoms with van der Waals surface area (Å²) < 4.78 is 5.11. The lowest BCUT2D eigenvalue weighted by Gasteiger charge is -2.23. The molecule has 2 heterocycles. The SMILES string of the molecule is CCOC(=O)C1CCCN1Cc1cccnc1NN. The van der Waals surface area contributed by atoms with Gasteiger partial charge in [0.25, 0.3) is 0 Å². The molecule has 104 valence electrons. The number of carbonyl (C=O) groups excluding carboxylic acids is 1. The van der Waals surface area contributed by atoms with Crippen LogP contribution in [0, 0.1) is 0 Å². The average Bonchev–Trinajstić information content (AvgIpc) is 2.88. The molecule has 2 rings (SSSR count). The summed E-state index contributed by atoms with van der Waals surface area (Å²) in [5.74, 6) is 5.96. The van der Waals surface area contributed by atoms with Crippen LogP contribution in [0.3, 0.4) is 0 Å². The molecule has 1 unspecified atom stereocenters. The second-order valence-electron chi connectivity index (χ2n) is 4.54. The van der Waals surface area contributed by atoms with Gasteiger partial charge in [0.15, 0.2) is 0 Å². The van der Waals surface area contributed by atoms with Crippen molar-refractivity contribution in [2.24, 2.45) is 5.84 Å². The summed E-state index contributed by atoms with van der Waals surface area (Å²) in [7, 11) is 0. The molecule has 0 saturated carbocycles. The van der Waals surface area contributed by atoms with E-state index in [1.165, 1.54) is 0 Å². The van der Waals surface area contributed by atoms with Gasteiger partial charge in [-0.1, -0.05) is 6.07 Å². The Hall–Kier alpha value is -1.66. The highest BCUT2D eigenvalue weighted by Crippen LogP contribution is 2.23. The Morgan fingerprint density at radius 3 is 3.26 bits per heavy atom. The fourth-order valence-corrected chi connectivity index (χ4v) is 2.44. The Labute approximate surface area is 112 Å². The number of likely N-dealkylation sites (tertiary alicyclic amines) is 1. The number of ether oxygens (including phenoxy) is 1. The van der Waals surface area contributed by atoms with Crippen molar-refractivity contribution in [1.29, 1.82) is 0 Å². The molecule has 0 bridgehead atoms. The molecule has 0 aliphatic carbocycles. The first-order chi connectivity index (χ1) is 9.26. The number of rotatable bonds is 5. The highest BCUT2D eigenvalue weighted by molar-refractivity contribution is 5.76. The van der Waals surface area contributed by atoms with E-state index in [1.54, 1.807) is 6.20 Å². The van der Waals surface area contributed by atoms with Gasteiger partial charge in [0.2, 0.25) is 0 Å². The van der Waals surface area contributed by atoms with E-state index in [0.717, 1.165) is 24.9 Å². The molecule has 1 aromatic rings. The van der Waals surface area contributed by atoms with E-state index in [9.17, 15) is 4.79 Å². The zero-order valence-corrected chi connectivity index (χ0v) is 11.1. The van der Waals surface area contributed by atoms with Crippen LogP contribution >= 0.6 is 0 Å².